The highest BCUT2D eigenvalue weighted by molar-refractivity contribution is 5.81. The van der Waals surface area contributed by atoms with E-state index >= 15 is 0 Å². The molecule has 3 rings (SSSR count). The number of piperazine rings is 1. The summed E-state index contributed by atoms with van der Waals surface area (Å²) in [7, 11) is 0. The molecule has 0 bridgehead atoms. The summed E-state index contributed by atoms with van der Waals surface area (Å²) in [5, 5.41) is 0. The van der Waals surface area contributed by atoms with Gasteiger partial charge in [0, 0.05) is 31.9 Å². The van der Waals surface area contributed by atoms with Crippen LogP contribution in [0, 0.1) is 5.82 Å². The molecule has 0 aliphatic carbocycles. The summed E-state index contributed by atoms with van der Waals surface area (Å²) in [6, 6.07) is 16.0. The van der Waals surface area contributed by atoms with Crippen molar-refractivity contribution in [1.82, 2.24) is 4.90 Å². The zero-order valence-electron chi connectivity index (χ0n) is 14.4. The van der Waals surface area contributed by atoms with Crippen molar-refractivity contribution in [3.63, 3.8) is 0 Å². The number of benzene rings is 2. The lowest BCUT2D eigenvalue weighted by Gasteiger charge is -2.37. The fourth-order valence-corrected chi connectivity index (χ4v) is 3.01. The third-order valence-electron chi connectivity index (χ3n) is 4.45. The number of ether oxygens (including phenoxy) is 1. The van der Waals surface area contributed by atoms with E-state index in [4.69, 9.17) is 4.74 Å². The minimum absolute atomic E-state index is 0.000429. The molecule has 2 aromatic rings. The van der Waals surface area contributed by atoms with E-state index in [0.717, 1.165) is 13.1 Å². The van der Waals surface area contributed by atoms with Gasteiger partial charge in [-0.1, -0.05) is 25.1 Å². The third kappa shape index (κ3) is 4.29. The van der Waals surface area contributed by atoms with Crippen molar-refractivity contribution in [3.05, 3.63) is 60.4 Å². The number of hydrogen-bond acceptors (Lipinski definition) is 3. The molecule has 4 nitrogen and oxygen atoms in total. The van der Waals surface area contributed by atoms with Crippen LogP contribution < -0.4 is 9.64 Å². The van der Waals surface area contributed by atoms with Crippen LogP contribution in [0.5, 0.6) is 5.75 Å². The number of nitrogens with zero attached hydrogens (tertiary/aromatic N) is 2. The quantitative estimate of drug-likeness (QED) is 0.835. The molecule has 1 heterocycles. The molecule has 1 amide bonds. The molecule has 1 aliphatic rings. The summed E-state index contributed by atoms with van der Waals surface area (Å²) < 4.78 is 18.8. The number of carbonyl (C=O) groups excluding carboxylic acids is 1. The van der Waals surface area contributed by atoms with Gasteiger partial charge in [0.1, 0.15) is 11.6 Å². The minimum Gasteiger partial charge on any atom is -0.481 e. The summed E-state index contributed by atoms with van der Waals surface area (Å²) in [5.41, 5.74) is 1.18. The number of amides is 1. The summed E-state index contributed by atoms with van der Waals surface area (Å²) >= 11 is 0. The zero-order chi connectivity index (χ0) is 17.6. The Kier molecular flexibility index (Phi) is 5.53. The summed E-state index contributed by atoms with van der Waals surface area (Å²) in [4.78, 5) is 16.9. The van der Waals surface area contributed by atoms with Crippen molar-refractivity contribution < 1.29 is 13.9 Å². The van der Waals surface area contributed by atoms with Crippen molar-refractivity contribution in [2.75, 3.05) is 31.1 Å². The van der Waals surface area contributed by atoms with Crippen LogP contribution in [-0.2, 0) is 4.79 Å². The van der Waals surface area contributed by atoms with E-state index in [0.29, 0.717) is 25.3 Å². The Morgan fingerprint density at radius 3 is 2.28 bits per heavy atom. The van der Waals surface area contributed by atoms with Crippen LogP contribution in [0.2, 0.25) is 0 Å². The SMILES string of the molecule is CC[C@@H](Oc1ccc(F)cc1)C(=O)N1CCN(c2ccccc2)CC1. The first kappa shape index (κ1) is 17.3. The van der Waals surface area contributed by atoms with Gasteiger partial charge in [-0.3, -0.25) is 4.79 Å². The molecule has 25 heavy (non-hydrogen) atoms. The summed E-state index contributed by atoms with van der Waals surface area (Å²) in [5.74, 6) is 0.202. The van der Waals surface area contributed by atoms with E-state index in [1.807, 2.05) is 30.0 Å². The van der Waals surface area contributed by atoms with E-state index < -0.39 is 6.10 Å². The van der Waals surface area contributed by atoms with Crippen molar-refractivity contribution in [2.45, 2.75) is 19.4 Å². The fourth-order valence-electron chi connectivity index (χ4n) is 3.01. The third-order valence-corrected chi connectivity index (χ3v) is 4.45. The van der Waals surface area contributed by atoms with Gasteiger partial charge in [0.05, 0.1) is 0 Å². The summed E-state index contributed by atoms with van der Waals surface area (Å²) in [6.07, 6.45) is 0.0449. The van der Waals surface area contributed by atoms with Crippen LogP contribution >= 0.6 is 0 Å². The average molecular weight is 342 g/mol. The van der Waals surface area contributed by atoms with Crippen LogP contribution in [0.1, 0.15) is 13.3 Å². The Labute approximate surface area is 147 Å². The number of hydrogen-bond donors (Lipinski definition) is 0. The van der Waals surface area contributed by atoms with E-state index in [1.54, 1.807) is 12.1 Å². The Morgan fingerprint density at radius 1 is 1.04 bits per heavy atom. The van der Waals surface area contributed by atoms with Gasteiger partial charge in [0.2, 0.25) is 0 Å². The second kappa shape index (κ2) is 8.01. The minimum atomic E-state index is -0.534. The van der Waals surface area contributed by atoms with Gasteiger partial charge in [-0.05, 0) is 42.8 Å². The predicted molar refractivity (Wildman–Crippen MR) is 96.3 cm³/mol. The monoisotopic (exact) mass is 342 g/mol. The second-order valence-corrected chi connectivity index (χ2v) is 6.12. The van der Waals surface area contributed by atoms with E-state index in [9.17, 15) is 9.18 Å². The molecule has 0 aromatic heterocycles. The molecule has 1 atom stereocenters. The Balaban J connectivity index is 1.57. The van der Waals surface area contributed by atoms with Crippen LogP contribution in [0.15, 0.2) is 54.6 Å². The first-order valence-electron chi connectivity index (χ1n) is 8.68. The Morgan fingerprint density at radius 2 is 1.68 bits per heavy atom. The average Bonchev–Trinajstić information content (AvgIpc) is 2.68. The molecule has 0 N–H and O–H groups in total. The first-order chi connectivity index (χ1) is 12.2. The fraction of sp³-hybridized carbons (Fsp3) is 0.350. The lowest BCUT2D eigenvalue weighted by molar-refractivity contribution is -0.139. The first-order valence-corrected chi connectivity index (χ1v) is 8.68. The van der Waals surface area contributed by atoms with Crippen LogP contribution in [0.4, 0.5) is 10.1 Å². The molecule has 1 fully saturated rings. The lowest BCUT2D eigenvalue weighted by atomic mass is 10.2. The van der Waals surface area contributed by atoms with Crippen molar-refractivity contribution >= 4 is 11.6 Å². The molecule has 0 unspecified atom stereocenters. The lowest BCUT2D eigenvalue weighted by Crippen LogP contribution is -2.52. The highest BCUT2D eigenvalue weighted by Gasteiger charge is 2.27. The standard InChI is InChI=1S/C20H23FN2O2/c1-2-19(25-18-10-8-16(21)9-11-18)20(24)23-14-12-22(13-15-23)17-6-4-3-5-7-17/h3-11,19H,2,12-15H2,1H3/t19-/m1/s1. The van der Waals surface area contributed by atoms with Gasteiger partial charge in [-0.2, -0.15) is 0 Å². The van der Waals surface area contributed by atoms with Gasteiger partial charge in [-0.25, -0.2) is 4.39 Å². The second-order valence-electron chi connectivity index (χ2n) is 6.12. The van der Waals surface area contributed by atoms with E-state index in [-0.39, 0.29) is 11.7 Å². The van der Waals surface area contributed by atoms with Crippen molar-refractivity contribution in [1.29, 1.82) is 0 Å². The highest BCUT2D eigenvalue weighted by Crippen LogP contribution is 2.18. The van der Waals surface area contributed by atoms with Gasteiger partial charge >= 0.3 is 0 Å². The highest BCUT2D eigenvalue weighted by atomic mass is 19.1. The van der Waals surface area contributed by atoms with E-state index in [2.05, 4.69) is 17.0 Å². The molecule has 2 aromatic carbocycles. The maximum atomic E-state index is 13.0. The van der Waals surface area contributed by atoms with Gasteiger partial charge in [-0.15, -0.1) is 0 Å². The molecule has 1 saturated heterocycles. The normalized spacial score (nSPS) is 15.8. The molecule has 0 spiro atoms. The number of carbonyl (C=O) groups is 1. The molecular formula is C20H23FN2O2. The van der Waals surface area contributed by atoms with E-state index in [1.165, 1.54) is 17.8 Å². The molecule has 0 saturated carbocycles. The van der Waals surface area contributed by atoms with Gasteiger partial charge < -0.3 is 14.5 Å². The molecule has 1 aliphatic heterocycles. The molecule has 0 radical (unpaired) electrons. The Hall–Kier alpha value is -2.56. The number of para-hydroxylation sites is 1. The number of halogens is 1. The smallest absolute Gasteiger partial charge is 0.263 e. The van der Waals surface area contributed by atoms with Crippen LogP contribution in [0.3, 0.4) is 0 Å². The Bertz CT molecular complexity index is 683. The zero-order valence-corrected chi connectivity index (χ0v) is 14.4. The largest absolute Gasteiger partial charge is 0.481 e. The molecular weight excluding hydrogens is 319 g/mol. The topological polar surface area (TPSA) is 32.8 Å². The van der Waals surface area contributed by atoms with Gasteiger partial charge in [0.15, 0.2) is 6.10 Å². The predicted octanol–water partition coefficient (Wildman–Crippen LogP) is 3.33. The maximum absolute atomic E-state index is 13.0. The van der Waals surface area contributed by atoms with Gasteiger partial charge in [0.25, 0.3) is 5.91 Å². The molecule has 5 heteroatoms. The number of rotatable bonds is 5. The van der Waals surface area contributed by atoms with Crippen molar-refractivity contribution in [3.8, 4) is 5.75 Å². The summed E-state index contributed by atoms with van der Waals surface area (Å²) in [6.45, 7) is 4.89. The van der Waals surface area contributed by atoms with Crippen LogP contribution in [-0.4, -0.2) is 43.1 Å². The number of anilines is 1. The van der Waals surface area contributed by atoms with Crippen molar-refractivity contribution in [2.24, 2.45) is 0 Å². The molecule has 132 valence electrons. The maximum Gasteiger partial charge on any atom is 0.263 e. The van der Waals surface area contributed by atoms with Crippen LogP contribution in [0.25, 0.3) is 0 Å².